The zero-order valence-corrected chi connectivity index (χ0v) is 11.2. The van der Waals surface area contributed by atoms with Crippen molar-refractivity contribution in [1.82, 2.24) is 4.72 Å². The summed E-state index contributed by atoms with van der Waals surface area (Å²) in [4.78, 5) is 11.5. The minimum Gasteiger partial charge on any atom is -0.383 e. The van der Waals surface area contributed by atoms with Crippen LogP contribution >= 0.6 is 0 Å². The highest BCUT2D eigenvalue weighted by Gasteiger charge is 2.30. The van der Waals surface area contributed by atoms with Gasteiger partial charge in [-0.1, -0.05) is 12.1 Å². The van der Waals surface area contributed by atoms with Gasteiger partial charge in [-0.2, -0.15) is 13.1 Å². The third-order valence-corrected chi connectivity index (χ3v) is 4.09. The minimum absolute atomic E-state index is 0.152. The number of rotatable bonds is 5. The summed E-state index contributed by atoms with van der Waals surface area (Å²) in [7, 11) is -2.28. The molecule has 7 nitrogen and oxygen atoms in total. The van der Waals surface area contributed by atoms with Gasteiger partial charge in [0.05, 0.1) is 18.0 Å². The number of hydrogen-bond acceptors (Lipinski definition) is 4. The Morgan fingerprint density at radius 2 is 2.16 bits per heavy atom. The molecule has 0 atom stereocenters. The number of carbonyl (C=O) groups excluding carboxylic acids is 1. The van der Waals surface area contributed by atoms with Gasteiger partial charge in [0.25, 0.3) is 0 Å². The van der Waals surface area contributed by atoms with Crippen LogP contribution in [0.2, 0.25) is 0 Å². The second-order valence-electron chi connectivity index (χ2n) is 3.96. The molecule has 104 valence electrons. The van der Waals surface area contributed by atoms with Crippen molar-refractivity contribution in [2.45, 2.75) is 0 Å². The summed E-state index contributed by atoms with van der Waals surface area (Å²) >= 11 is 0. The van der Waals surface area contributed by atoms with Crippen molar-refractivity contribution in [1.29, 1.82) is 0 Å². The highest BCUT2D eigenvalue weighted by atomic mass is 32.2. The lowest BCUT2D eigenvalue weighted by Crippen LogP contribution is -2.48. The average Bonchev–Trinajstić information content (AvgIpc) is 2.38. The van der Waals surface area contributed by atoms with E-state index in [1.165, 1.54) is 7.11 Å². The molecule has 0 saturated carbocycles. The van der Waals surface area contributed by atoms with Crippen molar-refractivity contribution >= 4 is 27.5 Å². The lowest BCUT2D eigenvalue weighted by molar-refractivity contribution is -0.115. The van der Waals surface area contributed by atoms with Crippen LogP contribution < -0.4 is 14.3 Å². The number of amides is 1. The Kier molecular flexibility index (Phi) is 4.03. The summed E-state index contributed by atoms with van der Waals surface area (Å²) in [6.45, 7) is 0.180. The molecule has 1 aromatic carbocycles. The van der Waals surface area contributed by atoms with Crippen LogP contribution in [0.4, 0.5) is 11.4 Å². The monoisotopic (exact) mass is 285 g/mol. The molecule has 0 spiro atoms. The molecule has 0 aliphatic carbocycles. The van der Waals surface area contributed by atoms with Crippen LogP contribution in [0, 0.1) is 0 Å². The number of hydrogen-bond donors (Lipinski definition) is 2. The maximum absolute atomic E-state index is 12.1. The first-order valence-corrected chi connectivity index (χ1v) is 7.14. The molecule has 0 radical (unpaired) electrons. The van der Waals surface area contributed by atoms with Crippen molar-refractivity contribution in [3.63, 3.8) is 0 Å². The third-order valence-electron chi connectivity index (χ3n) is 2.61. The van der Waals surface area contributed by atoms with Gasteiger partial charge < -0.3 is 10.1 Å². The second-order valence-corrected chi connectivity index (χ2v) is 5.64. The fourth-order valence-corrected chi connectivity index (χ4v) is 2.97. The normalized spacial score (nSPS) is 15.0. The summed E-state index contributed by atoms with van der Waals surface area (Å²) in [5, 5.41) is 2.63. The van der Waals surface area contributed by atoms with E-state index < -0.39 is 10.2 Å². The third kappa shape index (κ3) is 3.03. The van der Waals surface area contributed by atoms with E-state index in [4.69, 9.17) is 4.74 Å². The smallest absolute Gasteiger partial charge is 0.302 e. The molecule has 0 unspecified atom stereocenters. The molecule has 0 saturated heterocycles. The van der Waals surface area contributed by atoms with Crippen molar-refractivity contribution in [2.75, 3.05) is 36.4 Å². The van der Waals surface area contributed by atoms with Crippen LogP contribution in [0.3, 0.4) is 0 Å². The Bertz CT molecular complexity index is 573. The average molecular weight is 285 g/mol. The van der Waals surface area contributed by atoms with Gasteiger partial charge in [0.15, 0.2) is 0 Å². The molecule has 2 N–H and O–H groups in total. The fourth-order valence-electron chi connectivity index (χ4n) is 1.77. The van der Waals surface area contributed by atoms with Crippen LogP contribution in [-0.2, 0) is 19.7 Å². The van der Waals surface area contributed by atoms with Crippen LogP contribution in [0.1, 0.15) is 0 Å². The van der Waals surface area contributed by atoms with Gasteiger partial charge in [-0.25, -0.2) is 4.31 Å². The number of fused-ring (bicyclic) bond motifs is 1. The number of methoxy groups -OCH3 is 1. The van der Waals surface area contributed by atoms with E-state index in [2.05, 4.69) is 10.0 Å². The largest absolute Gasteiger partial charge is 0.383 e. The Morgan fingerprint density at radius 3 is 2.89 bits per heavy atom. The molecular weight excluding hydrogens is 270 g/mol. The molecule has 1 heterocycles. The summed E-state index contributed by atoms with van der Waals surface area (Å²) in [6, 6.07) is 6.75. The number of ether oxygens (including phenoxy) is 1. The molecule has 19 heavy (non-hydrogen) atoms. The number of para-hydroxylation sites is 2. The standard InChI is InChI=1S/C11H15N3O4S/c1-18-7-6-12-19(16,17)14-8-11(15)13-9-4-2-3-5-10(9)14/h2-5,12H,6-8H2,1H3,(H,13,15). The molecule has 1 aliphatic heterocycles. The number of nitrogens with zero attached hydrogens (tertiary/aromatic N) is 1. The van der Waals surface area contributed by atoms with E-state index in [0.29, 0.717) is 11.4 Å². The molecule has 0 bridgehead atoms. The van der Waals surface area contributed by atoms with E-state index in [1.54, 1.807) is 24.3 Å². The fraction of sp³-hybridized carbons (Fsp3) is 0.364. The number of carbonyl (C=O) groups is 1. The predicted octanol–water partition coefficient (Wildman–Crippen LogP) is -0.0741. The molecule has 0 aromatic heterocycles. The van der Waals surface area contributed by atoms with E-state index in [-0.39, 0.29) is 25.6 Å². The van der Waals surface area contributed by atoms with E-state index >= 15 is 0 Å². The van der Waals surface area contributed by atoms with Crippen LogP contribution in [0.5, 0.6) is 0 Å². The number of nitrogens with one attached hydrogen (secondary N) is 2. The first-order valence-electron chi connectivity index (χ1n) is 5.70. The summed E-state index contributed by atoms with van der Waals surface area (Å²) in [5.41, 5.74) is 0.933. The zero-order valence-electron chi connectivity index (χ0n) is 10.4. The molecular formula is C11H15N3O4S. The summed E-state index contributed by atoms with van der Waals surface area (Å²) in [5.74, 6) is -0.365. The summed E-state index contributed by atoms with van der Waals surface area (Å²) < 4.78 is 32.5. The van der Waals surface area contributed by atoms with Gasteiger partial charge in [-0.3, -0.25) is 4.79 Å². The Labute approximate surface area is 111 Å². The number of anilines is 2. The first-order chi connectivity index (χ1) is 9.04. The van der Waals surface area contributed by atoms with Gasteiger partial charge in [0, 0.05) is 13.7 Å². The molecule has 8 heteroatoms. The Balaban J connectivity index is 2.27. The lowest BCUT2D eigenvalue weighted by atomic mass is 10.2. The van der Waals surface area contributed by atoms with Crippen molar-refractivity contribution in [2.24, 2.45) is 0 Å². The van der Waals surface area contributed by atoms with Gasteiger partial charge in [0.2, 0.25) is 5.91 Å². The van der Waals surface area contributed by atoms with Crippen molar-refractivity contribution in [3.8, 4) is 0 Å². The molecule has 0 fully saturated rings. The highest BCUT2D eigenvalue weighted by Crippen LogP contribution is 2.30. The first kappa shape index (κ1) is 13.8. The maximum Gasteiger partial charge on any atom is 0.302 e. The van der Waals surface area contributed by atoms with Crippen LogP contribution in [0.25, 0.3) is 0 Å². The van der Waals surface area contributed by atoms with Gasteiger partial charge >= 0.3 is 10.2 Å². The van der Waals surface area contributed by atoms with E-state index in [1.807, 2.05) is 0 Å². The number of benzene rings is 1. The molecule has 1 amide bonds. The quantitative estimate of drug-likeness (QED) is 0.741. The Morgan fingerprint density at radius 1 is 1.42 bits per heavy atom. The SMILES string of the molecule is COCCNS(=O)(=O)N1CC(=O)Nc2ccccc21. The maximum atomic E-state index is 12.1. The van der Waals surface area contributed by atoms with Crippen molar-refractivity contribution in [3.05, 3.63) is 24.3 Å². The van der Waals surface area contributed by atoms with Crippen LogP contribution in [0.15, 0.2) is 24.3 Å². The lowest BCUT2D eigenvalue weighted by Gasteiger charge is -2.29. The summed E-state index contributed by atoms with van der Waals surface area (Å²) in [6.07, 6.45) is 0. The second kappa shape index (κ2) is 5.55. The van der Waals surface area contributed by atoms with E-state index in [9.17, 15) is 13.2 Å². The zero-order chi connectivity index (χ0) is 13.9. The molecule has 1 aromatic rings. The van der Waals surface area contributed by atoms with Crippen molar-refractivity contribution < 1.29 is 17.9 Å². The van der Waals surface area contributed by atoms with Crippen LogP contribution in [-0.4, -0.2) is 41.1 Å². The highest BCUT2D eigenvalue weighted by molar-refractivity contribution is 7.91. The molecule has 1 aliphatic rings. The van der Waals surface area contributed by atoms with Gasteiger partial charge in [-0.15, -0.1) is 0 Å². The van der Waals surface area contributed by atoms with E-state index in [0.717, 1.165) is 4.31 Å². The predicted molar refractivity (Wildman–Crippen MR) is 71.2 cm³/mol. The molecule has 2 rings (SSSR count). The van der Waals surface area contributed by atoms with Gasteiger partial charge in [0.1, 0.15) is 6.54 Å². The van der Waals surface area contributed by atoms with Gasteiger partial charge in [-0.05, 0) is 12.1 Å². The topological polar surface area (TPSA) is 87.7 Å². The minimum atomic E-state index is -3.76. The Hall–Kier alpha value is -1.64.